The highest BCUT2D eigenvalue weighted by atomic mass is 16.6. The number of nitrogens with zero attached hydrogens (tertiary/aromatic N) is 1. The number of carbonyl (C=O) groups is 2. The number of hydrogen-bond acceptors (Lipinski definition) is 5. The molecule has 39 heavy (non-hydrogen) atoms. The zero-order chi connectivity index (χ0) is 28.0. The first kappa shape index (κ1) is 28.0. The minimum Gasteiger partial charge on any atom is -0.490 e. The minimum atomic E-state index is -0.808. The van der Waals surface area contributed by atoms with Gasteiger partial charge in [0.2, 0.25) is 0 Å². The number of benzene rings is 3. The molecular weight excluding hydrogens is 490 g/mol. The molecule has 0 fully saturated rings. The summed E-state index contributed by atoms with van der Waals surface area (Å²) in [4.78, 5) is 27.9. The van der Waals surface area contributed by atoms with E-state index in [1.807, 2.05) is 69.3 Å². The van der Waals surface area contributed by atoms with Crippen molar-refractivity contribution in [2.75, 3.05) is 20.3 Å². The smallest absolute Gasteiger partial charge is 0.410 e. The average Bonchev–Trinajstić information content (AvgIpc) is 3.23. The van der Waals surface area contributed by atoms with Crippen LogP contribution in [0.2, 0.25) is 0 Å². The maximum absolute atomic E-state index is 13.3. The van der Waals surface area contributed by atoms with Crippen molar-refractivity contribution in [1.29, 1.82) is 0 Å². The maximum atomic E-state index is 13.3. The summed E-state index contributed by atoms with van der Waals surface area (Å²) in [6.45, 7) is 9.72. The number of rotatable bonds is 10. The Labute approximate surface area is 231 Å². The van der Waals surface area contributed by atoms with Gasteiger partial charge in [-0.05, 0) is 73.6 Å². The molecule has 0 radical (unpaired) electrons. The lowest BCUT2D eigenvalue weighted by atomic mass is 9.98. The highest BCUT2D eigenvalue weighted by molar-refractivity contribution is 5.82. The lowest BCUT2D eigenvalue weighted by Crippen LogP contribution is -2.46. The Morgan fingerprint density at radius 3 is 2.23 bits per heavy atom. The van der Waals surface area contributed by atoms with E-state index in [1.165, 1.54) is 4.90 Å². The molecule has 1 aliphatic carbocycles. The number of likely N-dealkylation sites (N-methyl/N-ethyl adjacent to an activating group) is 1. The van der Waals surface area contributed by atoms with E-state index in [4.69, 9.17) is 14.2 Å². The van der Waals surface area contributed by atoms with Crippen LogP contribution < -0.4 is 4.74 Å². The molecule has 0 spiro atoms. The van der Waals surface area contributed by atoms with Crippen LogP contribution in [-0.2, 0) is 20.7 Å². The van der Waals surface area contributed by atoms with E-state index >= 15 is 0 Å². The number of aryl methyl sites for hydroxylation is 1. The standard InChI is InChI=1S/C33H37NO5/c1-6-20-37-24-13-11-12-23(21-24)18-19-30(31(35)39-33(2,3)4)34(5)32(36)38-22-29-27-16-9-7-14-25(27)26-15-8-10-17-28(26)29/h6-17,21,29-30H,1,18-20,22H2,2-5H3. The van der Waals surface area contributed by atoms with Crippen molar-refractivity contribution in [3.8, 4) is 16.9 Å². The summed E-state index contributed by atoms with van der Waals surface area (Å²) >= 11 is 0. The Kier molecular flexibility index (Phi) is 8.75. The third kappa shape index (κ3) is 6.88. The lowest BCUT2D eigenvalue weighted by Gasteiger charge is -2.30. The molecule has 1 atom stereocenters. The molecule has 1 unspecified atom stereocenters. The van der Waals surface area contributed by atoms with E-state index in [1.54, 1.807) is 13.1 Å². The van der Waals surface area contributed by atoms with Gasteiger partial charge >= 0.3 is 12.1 Å². The van der Waals surface area contributed by atoms with Crippen molar-refractivity contribution in [1.82, 2.24) is 4.90 Å². The summed E-state index contributed by atoms with van der Waals surface area (Å²) in [5, 5.41) is 0. The van der Waals surface area contributed by atoms with E-state index in [-0.39, 0.29) is 12.5 Å². The quantitative estimate of drug-likeness (QED) is 0.215. The van der Waals surface area contributed by atoms with Crippen LogP contribution in [-0.4, -0.2) is 48.9 Å². The normalized spacial score (nSPS) is 13.1. The van der Waals surface area contributed by atoms with Gasteiger partial charge in [0.25, 0.3) is 0 Å². The summed E-state index contributed by atoms with van der Waals surface area (Å²) in [7, 11) is 1.59. The van der Waals surface area contributed by atoms with E-state index in [9.17, 15) is 9.59 Å². The first-order chi connectivity index (χ1) is 18.7. The van der Waals surface area contributed by atoms with Crippen molar-refractivity contribution in [3.05, 3.63) is 102 Å². The molecule has 0 aliphatic heterocycles. The summed E-state index contributed by atoms with van der Waals surface area (Å²) in [5.41, 5.74) is 4.90. The minimum absolute atomic E-state index is 0.0620. The second-order valence-electron chi connectivity index (χ2n) is 10.7. The highest BCUT2D eigenvalue weighted by Crippen LogP contribution is 2.44. The SMILES string of the molecule is C=CCOc1cccc(CCC(C(=O)OC(C)(C)C)N(C)C(=O)OCC2c3ccccc3-c3ccccc32)c1. The molecule has 0 saturated heterocycles. The molecule has 0 aromatic heterocycles. The first-order valence-corrected chi connectivity index (χ1v) is 13.3. The summed E-state index contributed by atoms with van der Waals surface area (Å²) < 4.78 is 17.1. The average molecular weight is 528 g/mol. The first-order valence-electron chi connectivity index (χ1n) is 13.3. The predicted octanol–water partition coefficient (Wildman–Crippen LogP) is 6.78. The number of amides is 1. The molecule has 4 rings (SSSR count). The molecule has 0 bridgehead atoms. The zero-order valence-electron chi connectivity index (χ0n) is 23.2. The van der Waals surface area contributed by atoms with E-state index in [0.29, 0.717) is 19.4 Å². The lowest BCUT2D eigenvalue weighted by molar-refractivity contribution is -0.160. The predicted molar refractivity (Wildman–Crippen MR) is 153 cm³/mol. The third-order valence-electron chi connectivity index (χ3n) is 6.74. The molecule has 204 valence electrons. The van der Waals surface area contributed by atoms with Crippen LogP contribution in [0, 0.1) is 0 Å². The van der Waals surface area contributed by atoms with Crippen molar-refractivity contribution >= 4 is 12.1 Å². The number of ether oxygens (including phenoxy) is 3. The van der Waals surface area contributed by atoms with Gasteiger partial charge in [-0.25, -0.2) is 9.59 Å². The van der Waals surface area contributed by atoms with Crippen LogP contribution in [0.4, 0.5) is 4.79 Å². The molecule has 1 aliphatic rings. The fourth-order valence-corrected chi connectivity index (χ4v) is 4.91. The Morgan fingerprint density at radius 2 is 1.62 bits per heavy atom. The monoisotopic (exact) mass is 527 g/mol. The van der Waals surface area contributed by atoms with Crippen LogP contribution in [0.25, 0.3) is 11.1 Å². The van der Waals surface area contributed by atoms with Gasteiger partial charge in [-0.3, -0.25) is 4.90 Å². The molecule has 1 amide bonds. The molecule has 0 heterocycles. The van der Waals surface area contributed by atoms with Crippen LogP contribution in [0.3, 0.4) is 0 Å². The van der Waals surface area contributed by atoms with Gasteiger partial charge in [0.1, 0.15) is 30.6 Å². The number of carbonyl (C=O) groups excluding carboxylic acids is 2. The van der Waals surface area contributed by atoms with Crippen LogP contribution in [0.1, 0.15) is 49.8 Å². The molecule has 6 heteroatoms. The summed E-state index contributed by atoms with van der Waals surface area (Å²) in [6, 6.07) is 23.3. The Hall–Kier alpha value is -4.06. The van der Waals surface area contributed by atoms with Gasteiger partial charge in [0.15, 0.2) is 0 Å². The molecule has 3 aromatic carbocycles. The van der Waals surface area contributed by atoms with Crippen LogP contribution in [0.15, 0.2) is 85.5 Å². The Morgan fingerprint density at radius 1 is 0.974 bits per heavy atom. The second kappa shape index (κ2) is 12.2. The fourth-order valence-electron chi connectivity index (χ4n) is 4.91. The molecule has 6 nitrogen and oxygen atoms in total. The Balaban J connectivity index is 1.47. The van der Waals surface area contributed by atoms with E-state index in [0.717, 1.165) is 33.6 Å². The van der Waals surface area contributed by atoms with Gasteiger partial charge in [-0.15, -0.1) is 0 Å². The van der Waals surface area contributed by atoms with Gasteiger partial charge < -0.3 is 14.2 Å². The molecule has 3 aromatic rings. The molecule has 0 saturated carbocycles. The third-order valence-corrected chi connectivity index (χ3v) is 6.74. The van der Waals surface area contributed by atoms with Gasteiger partial charge in [0.05, 0.1) is 0 Å². The van der Waals surface area contributed by atoms with Crippen LogP contribution in [0.5, 0.6) is 5.75 Å². The summed E-state index contributed by atoms with van der Waals surface area (Å²) in [6.07, 6.45) is 2.06. The number of fused-ring (bicyclic) bond motifs is 3. The second-order valence-corrected chi connectivity index (χ2v) is 10.7. The molecule has 0 N–H and O–H groups in total. The topological polar surface area (TPSA) is 65.1 Å². The van der Waals surface area contributed by atoms with Crippen molar-refractivity contribution in [3.63, 3.8) is 0 Å². The Bertz CT molecular complexity index is 1280. The van der Waals surface area contributed by atoms with E-state index in [2.05, 4.69) is 30.8 Å². The highest BCUT2D eigenvalue weighted by Gasteiger charge is 2.34. The molecular formula is C33H37NO5. The maximum Gasteiger partial charge on any atom is 0.410 e. The zero-order valence-corrected chi connectivity index (χ0v) is 23.2. The largest absolute Gasteiger partial charge is 0.490 e. The van der Waals surface area contributed by atoms with Crippen LogP contribution >= 0.6 is 0 Å². The van der Waals surface area contributed by atoms with Gasteiger partial charge in [0, 0.05) is 13.0 Å². The van der Waals surface area contributed by atoms with E-state index < -0.39 is 23.7 Å². The fraction of sp³-hybridized carbons (Fsp3) is 0.333. The van der Waals surface area contributed by atoms with Crippen molar-refractivity contribution in [2.45, 2.75) is 51.2 Å². The van der Waals surface area contributed by atoms with Gasteiger partial charge in [-0.2, -0.15) is 0 Å². The summed E-state index contributed by atoms with van der Waals surface area (Å²) in [5.74, 6) is 0.205. The number of hydrogen-bond donors (Lipinski definition) is 0. The number of esters is 1. The van der Waals surface area contributed by atoms with Gasteiger partial charge in [-0.1, -0.05) is 73.3 Å². The van der Waals surface area contributed by atoms with Crippen molar-refractivity contribution in [2.24, 2.45) is 0 Å². The van der Waals surface area contributed by atoms with Crippen molar-refractivity contribution < 1.29 is 23.8 Å².